The second kappa shape index (κ2) is 4.44. The Balaban J connectivity index is 1.72. The highest BCUT2D eigenvalue weighted by Gasteiger charge is 2.50. The fourth-order valence-corrected chi connectivity index (χ4v) is 2.66. The van der Waals surface area contributed by atoms with E-state index in [9.17, 15) is 9.59 Å². The third kappa shape index (κ3) is 2.94. The standard InChI is InChI=1S/C13H22N2O3/c1-12(2)4-3-9(7-12)15-11(18)14-8-13(5-6-13)10(16)17/h9H,3-8H2,1-2H3,(H,16,17)(H2,14,15,18). The van der Waals surface area contributed by atoms with Crippen LogP contribution in [0, 0.1) is 10.8 Å². The lowest BCUT2D eigenvalue weighted by Crippen LogP contribution is -2.44. The van der Waals surface area contributed by atoms with Gasteiger partial charge in [-0.2, -0.15) is 0 Å². The summed E-state index contributed by atoms with van der Waals surface area (Å²) >= 11 is 0. The van der Waals surface area contributed by atoms with Gasteiger partial charge in [-0.1, -0.05) is 13.8 Å². The van der Waals surface area contributed by atoms with Crippen LogP contribution < -0.4 is 10.6 Å². The molecule has 0 heterocycles. The van der Waals surface area contributed by atoms with E-state index in [1.165, 1.54) is 0 Å². The van der Waals surface area contributed by atoms with Gasteiger partial charge in [0, 0.05) is 12.6 Å². The van der Waals surface area contributed by atoms with Crippen molar-refractivity contribution in [2.75, 3.05) is 6.54 Å². The maximum atomic E-state index is 11.7. The molecule has 0 bridgehead atoms. The van der Waals surface area contributed by atoms with Gasteiger partial charge in [-0.05, 0) is 37.5 Å². The summed E-state index contributed by atoms with van der Waals surface area (Å²) in [5.74, 6) is -0.801. The lowest BCUT2D eigenvalue weighted by atomic mass is 9.92. The van der Waals surface area contributed by atoms with Crippen molar-refractivity contribution in [1.82, 2.24) is 10.6 Å². The van der Waals surface area contributed by atoms with Crippen LogP contribution >= 0.6 is 0 Å². The minimum Gasteiger partial charge on any atom is -0.481 e. The van der Waals surface area contributed by atoms with Crippen molar-refractivity contribution in [1.29, 1.82) is 0 Å². The monoisotopic (exact) mass is 254 g/mol. The lowest BCUT2D eigenvalue weighted by Gasteiger charge is -2.18. The van der Waals surface area contributed by atoms with Crippen molar-refractivity contribution < 1.29 is 14.7 Å². The molecule has 5 nitrogen and oxygen atoms in total. The minimum absolute atomic E-state index is 0.222. The Bertz CT molecular complexity index is 361. The van der Waals surface area contributed by atoms with Crippen molar-refractivity contribution in [2.24, 2.45) is 10.8 Å². The molecule has 2 aliphatic rings. The van der Waals surface area contributed by atoms with E-state index in [1.54, 1.807) is 0 Å². The number of carboxylic acids is 1. The summed E-state index contributed by atoms with van der Waals surface area (Å²) in [7, 11) is 0. The van der Waals surface area contributed by atoms with Gasteiger partial charge in [0.15, 0.2) is 0 Å². The average molecular weight is 254 g/mol. The molecule has 18 heavy (non-hydrogen) atoms. The van der Waals surface area contributed by atoms with Gasteiger partial charge >= 0.3 is 12.0 Å². The van der Waals surface area contributed by atoms with Crippen LogP contribution in [-0.4, -0.2) is 29.7 Å². The van der Waals surface area contributed by atoms with E-state index in [-0.39, 0.29) is 18.6 Å². The normalized spacial score (nSPS) is 27.6. The fourth-order valence-electron chi connectivity index (χ4n) is 2.66. The molecule has 0 aromatic heterocycles. The number of urea groups is 1. The molecule has 0 radical (unpaired) electrons. The van der Waals surface area contributed by atoms with Crippen molar-refractivity contribution in [3.05, 3.63) is 0 Å². The highest BCUT2D eigenvalue weighted by Crippen LogP contribution is 2.45. The van der Waals surface area contributed by atoms with E-state index in [0.29, 0.717) is 18.3 Å². The van der Waals surface area contributed by atoms with E-state index in [0.717, 1.165) is 19.3 Å². The molecule has 2 aliphatic carbocycles. The summed E-state index contributed by atoms with van der Waals surface area (Å²) in [5, 5.41) is 14.6. The van der Waals surface area contributed by atoms with Gasteiger partial charge < -0.3 is 15.7 Å². The van der Waals surface area contributed by atoms with Crippen LogP contribution in [0.15, 0.2) is 0 Å². The summed E-state index contributed by atoms with van der Waals surface area (Å²) < 4.78 is 0. The van der Waals surface area contributed by atoms with Gasteiger partial charge in [-0.15, -0.1) is 0 Å². The highest BCUT2D eigenvalue weighted by atomic mass is 16.4. The third-order valence-electron chi connectivity index (χ3n) is 4.20. The molecule has 0 aromatic carbocycles. The van der Waals surface area contributed by atoms with Crippen LogP contribution in [0.2, 0.25) is 0 Å². The molecule has 1 unspecified atom stereocenters. The first-order chi connectivity index (χ1) is 8.33. The molecule has 0 saturated heterocycles. The van der Waals surface area contributed by atoms with Crippen LogP contribution in [0.3, 0.4) is 0 Å². The molecule has 0 spiro atoms. The van der Waals surface area contributed by atoms with Crippen molar-refractivity contribution in [3.8, 4) is 0 Å². The van der Waals surface area contributed by atoms with E-state index in [1.807, 2.05) is 0 Å². The molecule has 3 N–H and O–H groups in total. The lowest BCUT2D eigenvalue weighted by molar-refractivity contribution is -0.143. The number of carbonyl (C=O) groups is 2. The Morgan fingerprint density at radius 1 is 1.28 bits per heavy atom. The minimum atomic E-state index is -0.801. The second-order valence-electron chi connectivity index (χ2n) is 6.52. The summed E-state index contributed by atoms with van der Waals surface area (Å²) in [6.07, 6.45) is 4.45. The maximum Gasteiger partial charge on any atom is 0.315 e. The van der Waals surface area contributed by atoms with E-state index < -0.39 is 11.4 Å². The van der Waals surface area contributed by atoms with Crippen LogP contribution in [-0.2, 0) is 4.79 Å². The van der Waals surface area contributed by atoms with Crippen LogP contribution in [0.4, 0.5) is 4.79 Å². The fraction of sp³-hybridized carbons (Fsp3) is 0.846. The molecule has 2 saturated carbocycles. The molecule has 5 heteroatoms. The number of carbonyl (C=O) groups excluding carboxylic acids is 1. The van der Waals surface area contributed by atoms with E-state index in [4.69, 9.17) is 5.11 Å². The third-order valence-corrected chi connectivity index (χ3v) is 4.20. The van der Waals surface area contributed by atoms with E-state index in [2.05, 4.69) is 24.5 Å². The predicted molar refractivity (Wildman–Crippen MR) is 67.3 cm³/mol. The maximum absolute atomic E-state index is 11.7. The highest BCUT2D eigenvalue weighted by molar-refractivity contribution is 5.80. The summed E-state index contributed by atoms with van der Waals surface area (Å²) in [6.45, 7) is 4.65. The van der Waals surface area contributed by atoms with Crippen LogP contribution in [0.25, 0.3) is 0 Å². The van der Waals surface area contributed by atoms with Gasteiger partial charge in [-0.3, -0.25) is 4.79 Å². The molecule has 2 amide bonds. The number of nitrogens with one attached hydrogen (secondary N) is 2. The largest absolute Gasteiger partial charge is 0.481 e. The molecule has 2 fully saturated rings. The first kappa shape index (κ1) is 13.2. The first-order valence-electron chi connectivity index (χ1n) is 6.61. The molecular formula is C13H22N2O3. The van der Waals surface area contributed by atoms with Gasteiger partial charge in [-0.25, -0.2) is 4.79 Å². The number of hydrogen-bond donors (Lipinski definition) is 3. The summed E-state index contributed by atoms with van der Waals surface area (Å²) in [5.41, 5.74) is -0.386. The quantitative estimate of drug-likeness (QED) is 0.715. The Kier molecular flexibility index (Phi) is 3.25. The number of aliphatic carboxylic acids is 1. The van der Waals surface area contributed by atoms with Crippen molar-refractivity contribution >= 4 is 12.0 Å². The zero-order chi connectivity index (χ0) is 13.4. The first-order valence-corrected chi connectivity index (χ1v) is 6.61. The van der Waals surface area contributed by atoms with Gasteiger partial charge in [0.2, 0.25) is 0 Å². The second-order valence-corrected chi connectivity index (χ2v) is 6.52. The number of amides is 2. The number of rotatable bonds is 4. The molecule has 0 aliphatic heterocycles. The molecule has 102 valence electrons. The zero-order valence-corrected chi connectivity index (χ0v) is 11.1. The Labute approximate surface area is 107 Å². The molecule has 1 atom stereocenters. The predicted octanol–water partition coefficient (Wildman–Crippen LogP) is 1.73. The molecule has 0 aromatic rings. The molecule has 2 rings (SSSR count). The average Bonchev–Trinajstić information content (AvgIpc) is 2.98. The smallest absolute Gasteiger partial charge is 0.315 e. The Hall–Kier alpha value is -1.26. The SMILES string of the molecule is CC1(C)CCC(NC(=O)NCC2(C(=O)O)CC2)C1. The van der Waals surface area contributed by atoms with Crippen LogP contribution in [0.5, 0.6) is 0 Å². The summed E-state index contributed by atoms with van der Waals surface area (Å²) in [6, 6.07) is -0.00907. The zero-order valence-electron chi connectivity index (χ0n) is 11.1. The van der Waals surface area contributed by atoms with Crippen molar-refractivity contribution in [3.63, 3.8) is 0 Å². The summed E-state index contributed by atoms with van der Waals surface area (Å²) in [4.78, 5) is 22.6. The van der Waals surface area contributed by atoms with Gasteiger partial charge in [0.1, 0.15) is 0 Å². The van der Waals surface area contributed by atoms with E-state index >= 15 is 0 Å². The molecular weight excluding hydrogens is 232 g/mol. The number of carboxylic acid groups (broad SMARTS) is 1. The Morgan fingerprint density at radius 2 is 1.94 bits per heavy atom. The topological polar surface area (TPSA) is 78.4 Å². The van der Waals surface area contributed by atoms with Gasteiger partial charge in [0.25, 0.3) is 0 Å². The van der Waals surface area contributed by atoms with Crippen LogP contribution in [0.1, 0.15) is 46.0 Å². The van der Waals surface area contributed by atoms with Crippen molar-refractivity contribution in [2.45, 2.75) is 52.0 Å². The van der Waals surface area contributed by atoms with Gasteiger partial charge in [0.05, 0.1) is 5.41 Å². The Morgan fingerprint density at radius 3 is 2.39 bits per heavy atom. The number of hydrogen-bond acceptors (Lipinski definition) is 2.